The lowest BCUT2D eigenvalue weighted by Gasteiger charge is -2.05. The molecule has 3 aromatic rings. The molecule has 0 aliphatic carbocycles. The molecule has 0 aliphatic heterocycles. The Labute approximate surface area is 167 Å². The van der Waals surface area contributed by atoms with Crippen molar-refractivity contribution in [2.45, 2.75) is 32.4 Å². The number of aryl methyl sites for hydroxylation is 1. The molecule has 0 atom stereocenters. The van der Waals surface area contributed by atoms with Crippen molar-refractivity contribution in [3.8, 4) is 0 Å². The molecule has 1 N–H and O–H groups in total. The molecule has 3 rings (SSSR count). The predicted octanol–water partition coefficient (Wildman–Crippen LogP) is 4.07. The van der Waals surface area contributed by atoms with Gasteiger partial charge in [0.1, 0.15) is 17.1 Å². The van der Waals surface area contributed by atoms with Gasteiger partial charge in [0.25, 0.3) is 18.8 Å². The molecule has 156 valence electrons. The maximum absolute atomic E-state index is 13.0. The van der Waals surface area contributed by atoms with Gasteiger partial charge in [-0.3, -0.25) is 14.2 Å². The molecule has 0 spiro atoms. The minimum absolute atomic E-state index is 0.0260. The van der Waals surface area contributed by atoms with Crippen LogP contribution in [0.3, 0.4) is 0 Å². The van der Waals surface area contributed by atoms with E-state index in [1.807, 2.05) is 0 Å². The first-order chi connectivity index (χ1) is 13.8. The lowest BCUT2D eigenvalue weighted by atomic mass is 10.3. The summed E-state index contributed by atoms with van der Waals surface area (Å²) in [5.74, 6) is -0.383. The van der Waals surface area contributed by atoms with Crippen LogP contribution in [0, 0.1) is 0 Å². The molecular formula is C17H16ClF4N5O2. The van der Waals surface area contributed by atoms with E-state index in [9.17, 15) is 22.4 Å². The lowest BCUT2D eigenvalue weighted by molar-refractivity contribution is 0.0922. The van der Waals surface area contributed by atoms with Crippen LogP contribution in [0.5, 0.6) is 0 Å². The number of nitrogens with zero attached hydrogens (tertiary/aromatic N) is 4. The average molecular weight is 434 g/mol. The topological polar surface area (TPSA) is 77.9 Å². The number of alkyl halides is 4. The van der Waals surface area contributed by atoms with Crippen LogP contribution in [0.15, 0.2) is 35.0 Å². The Balaban J connectivity index is 1.55. The highest BCUT2D eigenvalue weighted by molar-refractivity contribution is 6.30. The first kappa shape index (κ1) is 20.9. The highest BCUT2D eigenvalue weighted by Gasteiger charge is 2.22. The number of hydrogen-bond donors (Lipinski definition) is 1. The number of nitrogens with one attached hydrogen (secondary N) is 1. The summed E-state index contributed by atoms with van der Waals surface area (Å²) in [6, 6.07) is 3.43. The van der Waals surface area contributed by atoms with Crippen molar-refractivity contribution < 1.29 is 26.8 Å². The third-order valence-electron chi connectivity index (χ3n) is 3.92. The number of carbonyl (C=O) groups excluding carboxylic acids is 1. The molecule has 3 heterocycles. The fourth-order valence-corrected chi connectivity index (χ4v) is 2.74. The van der Waals surface area contributed by atoms with Gasteiger partial charge in [0.15, 0.2) is 5.76 Å². The summed E-state index contributed by atoms with van der Waals surface area (Å²) >= 11 is 5.76. The third-order valence-corrected chi connectivity index (χ3v) is 4.11. The van der Waals surface area contributed by atoms with Gasteiger partial charge < -0.3 is 9.73 Å². The van der Waals surface area contributed by atoms with Crippen LogP contribution in [-0.4, -0.2) is 32.0 Å². The lowest BCUT2D eigenvalue weighted by Crippen LogP contribution is -2.24. The van der Waals surface area contributed by atoms with E-state index in [1.165, 1.54) is 18.3 Å². The first-order valence-corrected chi connectivity index (χ1v) is 8.90. The summed E-state index contributed by atoms with van der Waals surface area (Å²) in [6.45, 7) is 0.594. The Morgan fingerprint density at radius 2 is 2.03 bits per heavy atom. The van der Waals surface area contributed by atoms with Gasteiger partial charge >= 0.3 is 0 Å². The van der Waals surface area contributed by atoms with E-state index in [2.05, 4.69) is 15.5 Å². The molecule has 0 unspecified atom stereocenters. The monoisotopic (exact) mass is 433 g/mol. The molecule has 0 saturated heterocycles. The number of amides is 1. The SMILES string of the molecule is O=C(NCCCn1cc(Cl)cn1)c1ccc(Cn2nc(C(F)F)cc2C(F)F)o1. The maximum atomic E-state index is 13.0. The van der Waals surface area contributed by atoms with Crippen LogP contribution >= 0.6 is 11.6 Å². The number of furan rings is 1. The van der Waals surface area contributed by atoms with Gasteiger partial charge in [-0.1, -0.05) is 11.6 Å². The number of carbonyl (C=O) groups is 1. The minimum Gasteiger partial charge on any atom is -0.454 e. The Hall–Kier alpha value is -2.82. The van der Waals surface area contributed by atoms with E-state index in [4.69, 9.17) is 16.0 Å². The number of hydrogen-bond acceptors (Lipinski definition) is 4. The molecule has 0 saturated carbocycles. The van der Waals surface area contributed by atoms with E-state index >= 15 is 0 Å². The fourth-order valence-electron chi connectivity index (χ4n) is 2.58. The standard InChI is InChI=1S/C17H16ClF4N5O2/c18-10-7-24-26(8-10)5-1-4-23-17(28)14-3-2-11(29-14)9-27-13(16(21)22)6-12(25-27)15(19)20/h2-3,6-8,15-16H,1,4-5,9H2,(H,23,28). The van der Waals surface area contributed by atoms with Gasteiger partial charge in [-0.2, -0.15) is 10.2 Å². The van der Waals surface area contributed by atoms with Crippen molar-refractivity contribution in [2.75, 3.05) is 6.54 Å². The van der Waals surface area contributed by atoms with Crippen LogP contribution in [0.25, 0.3) is 0 Å². The van der Waals surface area contributed by atoms with E-state index < -0.39 is 30.1 Å². The molecule has 12 heteroatoms. The van der Waals surface area contributed by atoms with Crippen molar-refractivity contribution in [1.29, 1.82) is 0 Å². The molecule has 3 aromatic heterocycles. The maximum Gasteiger partial charge on any atom is 0.286 e. The molecule has 0 radical (unpaired) electrons. The van der Waals surface area contributed by atoms with Gasteiger partial charge in [0.2, 0.25) is 0 Å². The fraction of sp³-hybridized carbons (Fsp3) is 0.353. The normalized spacial score (nSPS) is 11.6. The quantitative estimate of drug-likeness (QED) is 0.407. The largest absolute Gasteiger partial charge is 0.454 e. The summed E-state index contributed by atoms with van der Waals surface area (Å²) in [5.41, 5.74) is -1.40. The summed E-state index contributed by atoms with van der Waals surface area (Å²) in [4.78, 5) is 12.1. The molecule has 0 fully saturated rings. The molecule has 29 heavy (non-hydrogen) atoms. The molecule has 7 nitrogen and oxygen atoms in total. The molecular weight excluding hydrogens is 418 g/mol. The van der Waals surface area contributed by atoms with Gasteiger partial charge in [-0.15, -0.1) is 0 Å². The summed E-state index contributed by atoms with van der Waals surface area (Å²) in [5, 5.41) is 10.7. The van der Waals surface area contributed by atoms with Gasteiger partial charge in [0.05, 0.1) is 17.8 Å². The van der Waals surface area contributed by atoms with Crippen molar-refractivity contribution in [3.63, 3.8) is 0 Å². The van der Waals surface area contributed by atoms with Crippen molar-refractivity contribution in [3.05, 3.63) is 58.5 Å². The van der Waals surface area contributed by atoms with E-state index in [-0.39, 0.29) is 18.1 Å². The smallest absolute Gasteiger partial charge is 0.286 e. The number of rotatable bonds is 9. The van der Waals surface area contributed by atoms with Crippen LogP contribution in [0.4, 0.5) is 17.6 Å². The zero-order chi connectivity index (χ0) is 21.0. The van der Waals surface area contributed by atoms with Crippen molar-refractivity contribution in [1.82, 2.24) is 24.9 Å². The zero-order valence-electron chi connectivity index (χ0n) is 14.9. The second kappa shape index (κ2) is 9.12. The summed E-state index contributed by atoms with van der Waals surface area (Å²) in [7, 11) is 0. The number of aromatic nitrogens is 4. The Bertz CT molecular complexity index is 969. The predicted molar refractivity (Wildman–Crippen MR) is 94.1 cm³/mol. The summed E-state index contributed by atoms with van der Waals surface area (Å²) < 4.78 is 59.2. The average Bonchev–Trinajstić information content (AvgIpc) is 3.39. The van der Waals surface area contributed by atoms with Crippen molar-refractivity contribution >= 4 is 17.5 Å². The Morgan fingerprint density at radius 3 is 2.69 bits per heavy atom. The van der Waals surface area contributed by atoms with Crippen LogP contribution in [0.2, 0.25) is 5.02 Å². The van der Waals surface area contributed by atoms with Crippen LogP contribution in [-0.2, 0) is 13.1 Å². The van der Waals surface area contributed by atoms with Crippen LogP contribution in [0.1, 0.15) is 47.0 Å². The van der Waals surface area contributed by atoms with Gasteiger partial charge in [-0.05, 0) is 24.6 Å². The van der Waals surface area contributed by atoms with E-state index in [0.717, 1.165) is 4.68 Å². The molecule has 0 bridgehead atoms. The van der Waals surface area contributed by atoms with Crippen molar-refractivity contribution in [2.24, 2.45) is 0 Å². The zero-order valence-corrected chi connectivity index (χ0v) is 15.6. The van der Waals surface area contributed by atoms with E-state index in [1.54, 1.807) is 10.9 Å². The Kier molecular flexibility index (Phi) is 6.57. The third kappa shape index (κ3) is 5.37. The minimum atomic E-state index is -2.97. The highest BCUT2D eigenvalue weighted by atomic mass is 35.5. The highest BCUT2D eigenvalue weighted by Crippen LogP contribution is 2.26. The molecule has 1 amide bonds. The first-order valence-electron chi connectivity index (χ1n) is 8.52. The van der Waals surface area contributed by atoms with Crippen LogP contribution < -0.4 is 5.32 Å². The molecule has 0 aromatic carbocycles. The molecule has 0 aliphatic rings. The van der Waals surface area contributed by atoms with Gasteiger partial charge in [0, 0.05) is 19.3 Å². The van der Waals surface area contributed by atoms with E-state index in [0.29, 0.717) is 30.6 Å². The summed E-state index contributed by atoms with van der Waals surface area (Å²) in [6.07, 6.45) is -2.18. The second-order valence-electron chi connectivity index (χ2n) is 6.05. The number of halogens is 5. The van der Waals surface area contributed by atoms with Gasteiger partial charge in [-0.25, -0.2) is 17.6 Å². The Morgan fingerprint density at radius 1 is 1.24 bits per heavy atom. The second-order valence-corrected chi connectivity index (χ2v) is 6.49.